The number of nitrogens with one attached hydrogen (secondary N) is 2. The maximum Gasteiger partial charge on any atom is 0.227 e. The Labute approximate surface area is 142 Å². The predicted molar refractivity (Wildman–Crippen MR) is 97.8 cm³/mol. The van der Waals surface area contributed by atoms with Crippen LogP contribution in [-0.2, 0) is 4.79 Å². The van der Waals surface area contributed by atoms with Crippen LogP contribution in [0, 0.1) is 5.92 Å². The van der Waals surface area contributed by atoms with Gasteiger partial charge in [0.1, 0.15) is 12.1 Å². The van der Waals surface area contributed by atoms with E-state index in [1.165, 1.54) is 6.42 Å². The molecule has 1 fully saturated rings. The SMILES string of the molecule is CCC=CNc1ncnc2ccc(NC(=O)C3CCCCC3)cc12. The van der Waals surface area contributed by atoms with E-state index in [9.17, 15) is 4.79 Å². The average molecular weight is 324 g/mol. The summed E-state index contributed by atoms with van der Waals surface area (Å²) in [6.45, 7) is 2.08. The second-order valence-corrected chi connectivity index (χ2v) is 6.23. The highest BCUT2D eigenvalue weighted by Crippen LogP contribution is 2.27. The van der Waals surface area contributed by atoms with E-state index in [2.05, 4.69) is 27.5 Å². The molecule has 0 spiro atoms. The molecule has 24 heavy (non-hydrogen) atoms. The first-order chi connectivity index (χ1) is 11.8. The second-order valence-electron chi connectivity index (χ2n) is 6.23. The number of carbonyl (C=O) groups is 1. The highest BCUT2D eigenvalue weighted by Gasteiger charge is 2.21. The zero-order chi connectivity index (χ0) is 16.8. The molecule has 5 heteroatoms. The largest absolute Gasteiger partial charge is 0.346 e. The minimum absolute atomic E-state index is 0.131. The third-order valence-corrected chi connectivity index (χ3v) is 4.45. The highest BCUT2D eigenvalue weighted by atomic mass is 16.1. The summed E-state index contributed by atoms with van der Waals surface area (Å²) in [5.74, 6) is 1.02. The van der Waals surface area contributed by atoms with Crippen LogP contribution in [0.4, 0.5) is 11.5 Å². The van der Waals surface area contributed by atoms with Crippen LogP contribution >= 0.6 is 0 Å². The average Bonchev–Trinajstić information content (AvgIpc) is 2.63. The molecule has 0 bridgehead atoms. The Balaban J connectivity index is 1.80. The molecule has 0 aliphatic heterocycles. The predicted octanol–water partition coefficient (Wildman–Crippen LogP) is 4.48. The van der Waals surface area contributed by atoms with Crippen LogP contribution in [0.1, 0.15) is 45.4 Å². The molecule has 2 N–H and O–H groups in total. The Kier molecular flexibility index (Phi) is 5.41. The molecule has 3 rings (SSSR count). The summed E-state index contributed by atoms with van der Waals surface area (Å²) in [6.07, 6.45) is 12.0. The van der Waals surface area contributed by atoms with Gasteiger partial charge in [-0.05, 0) is 43.7 Å². The molecule has 1 aliphatic rings. The molecular weight excluding hydrogens is 300 g/mol. The van der Waals surface area contributed by atoms with Gasteiger partial charge in [-0.3, -0.25) is 4.79 Å². The van der Waals surface area contributed by atoms with Crippen molar-refractivity contribution in [2.75, 3.05) is 10.6 Å². The van der Waals surface area contributed by atoms with Gasteiger partial charge in [-0.1, -0.05) is 32.3 Å². The van der Waals surface area contributed by atoms with Crippen molar-refractivity contribution in [3.8, 4) is 0 Å². The van der Waals surface area contributed by atoms with Crippen LogP contribution in [0.2, 0.25) is 0 Å². The van der Waals surface area contributed by atoms with E-state index in [4.69, 9.17) is 0 Å². The van der Waals surface area contributed by atoms with Crippen molar-refractivity contribution < 1.29 is 4.79 Å². The minimum Gasteiger partial charge on any atom is -0.346 e. The summed E-state index contributed by atoms with van der Waals surface area (Å²) in [6, 6.07) is 5.77. The normalized spacial score (nSPS) is 15.7. The van der Waals surface area contributed by atoms with Gasteiger partial charge in [0.15, 0.2) is 0 Å². The van der Waals surface area contributed by atoms with Crippen molar-refractivity contribution in [1.82, 2.24) is 9.97 Å². The van der Waals surface area contributed by atoms with Crippen LogP contribution in [0.25, 0.3) is 10.9 Å². The summed E-state index contributed by atoms with van der Waals surface area (Å²) < 4.78 is 0. The quantitative estimate of drug-likeness (QED) is 0.850. The van der Waals surface area contributed by atoms with E-state index < -0.39 is 0 Å². The third-order valence-electron chi connectivity index (χ3n) is 4.45. The van der Waals surface area contributed by atoms with Crippen molar-refractivity contribution in [2.45, 2.75) is 45.4 Å². The van der Waals surface area contributed by atoms with Crippen molar-refractivity contribution in [3.63, 3.8) is 0 Å². The smallest absolute Gasteiger partial charge is 0.227 e. The highest BCUT2D eigenvalue weighted by molar-refractivity contribution is 5.97. The molecule has 126 valence electrons. The summed E-state index contributed by atoms with van der Waals surface area (Å²) in [5, 5.41) is 7.15. The van der Waals surface area contributed by atoms with Gasteiger partial charge < -0.3 is 10.6 Å². The Bertz CT molecular complexity index is 735. The van der Waals surface area contributed by atoms with Gasteiger partial charge in [-0.15, -0.1) is 0 Å². The molecule has 0 atom stereocenters. The molecule has 5 nitrogen and oxygen atoms in total. The first kappa shape index (κ1) is 16.4. The lowest BCUT2D eigenvalue weighted by molar-refractivity contribution is -0.120. The lowest BCUT2D eigenvalue weighted by Crippen LogP contribution is -2.24. The number of amides is 1. The monoisotopic (exact) mass is 324 g/mol. The van der Waals surface area contributed by atoms with Gasteiger partial charge in [0.25, 0.3) is 0 Å². The molecule has 0 unspecified atom stereocenters. The van der Waals surface area contributed by atoms with Crippen LogP contribution < -0.4 is 10.6 Å². The number of anilines is 2. The molecule has 1 saturated carbocycles. The molecule has 1 heterocycles. The number of nitrogens with zero attached hydrogens (tertiary/aromatic N) is 2. The van der Waals surface area contributed by atoms with Crippen LogP contribution in [0.15, 0.2) is 36.8 Å². The van der Waals surface area contributed by atoms with E-state index in [0.717, 1.165) is 54.5 Å². The number of hydrogen-bond acceptors (Lipinski definition) is 4. The molecule has 1 aromatic carbocycles. The second kappa shape index (κ2) is 7.90. The Morgan fingerprint density at radius 2 is 2.08 bits per heavy atom. The zero-order valence-electron chi connectivity index (χ0n) is 14.1. The van der Waals surface area contributed by atoms with E-state index in [1.807, 2.05) is 30.5 Å². The van der Waals surface area contributed by atoms with E-state index in [-0.39, 0.29) is 11.8 Å². The van der Waals surface area contributed by atoms with Crippen LogP contribution in [0.5, 0.6) is 0 Å². The van der Waals surface area contributed by atoms with Gasteiger partial charge in [0.05, 0.1) is 5.52 Å². The van der Waals surface area contributed by atoms with Gasteiger partial charge in [0, 0.05) is 17.0 Å². The zero-order valence-corrected chi connectivity index (χ0v) is 14.1. The summed E-state index contributed by atoms with van der Waals surface area (Å²) in [4.78, 5) is 21.0. The number of hydrogen-bond donors (Lipinski definition) is 2. The minimum atomic E-state index is 0.131. The van der Waals surface area contributed by atoms with Crippen LogP contribution in [0.3, 0.4) is 0 Å². The molecule has 0 saturated heterocycles. The summed E-state index contributed by atoms with van der Waals surface area (Å²) in [5.41, 5.74) is 1.66. The summed E-state index contributed by atoms with van der Waals surface area (Å²) in [7, 11) is 0. The first-order valence-electron chi connectivity index (χ1n) is 8.75. The van der Waals surface area contributed by atoms with E-state index in [0.29, 0.717) is 0 Å². The molecule has 1 aromatic heterocycles. The van der Waals surface area contributed by atoms with Gasteiger partial charge >= 0.3 is 0 Å². The van der Waals surface area contributed by atoms with Gasteiger partial charge in [0.2, 0.25) is 5.91 Å². The van der Waals surface area contributed by atoms with Crippen molar-refractivity contribution in [1.29, 1.82) is 0 Å². The molecule has 0 radical (unpaired) electrons. The number of fused-ring (bicyclic) bond motifs is 1. The third kappa shape index (κ3) is 3.91. The van der Waals surface area contributed by atoms with Crippen LogP contribution in [-0.4, -0.2) is 15.9 Å². The lowest BCUT2D eigenvalue weighted by atomic mass is 9.88. The fourth-order valence-corrected chi connectivity index (χ4v) is 3.11. The number of carbonyl (C=O) groups excluding carboxylic acids is 1. The maximum absolute atomic E-state index is 12.4. The Morgan fingerprint density at radius 3 is 2.88 bits per heavy atom. The Morgan fingerprint density at radius 1 is 1.25 bits per heavy atom. The van der Waals surface area contributed by atoms with Gasteiger partial charge in [-0.25, -0.2) is 9.97 Å². The fraction of sp³-hybridized carbons (Fsp3) is 0.421. The molecule has 2 aromatic rings. The van der Waals surface area contributed by atoms with Gasteiger partial charge in [-0.2, -0.15) is 0 Å². The summed E-state index contributed by atoms with van der Waals surface area (Å²) >= 11 is 0. The number of aromatic nitrogens is 2. The van der Waals surface area contributed by atoms with Crippen molar-refractivity contribution in [2.24, 2.45) is 5.92 Å². The van der Waals surface area contributed by atoms with Crippen molar-refractivity contribution in [3.05, 3.63) is 36.8 Å². The van der Waals surface area contributed by atoms with E-state index >= 15 is 0 Å². The standard InChI is InChI=1S/C19H24N4O/c1-2-3-11-20-18-16-12-15(9-10-17(16)21-13-22-18)23-19(24)14-7-5-4-6-8-14/h3,9-14H,2,4-8H2,1H3,(H,23,24)(H,20,21,22). The van der Waals surface area contributed by atoms with E-state index in [1.54, 1.807) is 6.33 Å². The lowest BCUT2D eigenvalue weighted by Gasteiger charge is -2.20. The molecule has 1 amide bonds. The number of allylic oxidation sites excluding steroid dienone is 1. The fourth-order valence-electron chi connectivity index (χ4n) is 3.11. The first-order valence-corrected chi connectivity index (χ1v) is 8.75. The van der Waals surface area contributed by atoms with Crippen molar-refractivity contribution >= 4 is 28.3 Å². The number of benzene rings is 1. The molecule has 1 aliphatic carbocycles. The number of rotatable bonds is 5. The maximum atomic E-state index is 12.4. The Hall–Kier alpha value is -2.43. The molecular formula is C19H24N4O. The topological polar surface area (TPSA) is 66.9 Å².